The van der Waals surface area contributed by atoms with Crippen LogP contribution in [0.5, 0.6) is 11.5 Å². The minimum Gasteiger partial charge on any atom is -0.493 e. The SMILES string of the molecule is COc1cc(I)cc(C(=O)NC[C@H]2CCCN2Cc2ccc(F)cc2)c1OC. The Morgan fingerprint density at radius 3 is 2.68 bits per heavy atom. The topological polar surface area (TPSA) is 50.8 Å². The molecule has 0 spiro atoms. The van der Waals surface area contributed by atoms with Crippen molar-refractivity contribution in [2.24, 2.45) is 0 Å². The summed E-state index contributed by atoms with van der Waals surface area (Å²) in [4.78, 5) is 15.1. The molecule has 0 radical (unpaired) electrons. The van der Waals surface area contributed by atoms with E-state index in [0.29, 0.717) is 23.6 Å². The van der Waals surface area contributed by atoms with Crippen LogP contribution in [0.2, 0.25) is 0 Å². The van der Waals surface area contributed by atoms with Gasteiger partial charge in [0.2, 0.25) is 0 Å². The lowest BCUT2D eigenvalue weighted by atomic mass is 10.1. The van der Waals surface area contributed by atoms with Crippen molar-refractivity contribution in [3.05, 3.63) is 56.9 Å². The number of hydrogen-bond donors (Lipinski definition) is 1. The summed E-state index contributed by atoms with van der Waals surface area (Å²) in [7, 11) is 3.09. The third-order valence-corrected chi connectivity index (χ3v) is 5.61. The second kappa shape index (κ2) is 9.56. The minimum absolute atomic E-state index is 0.178. The Labute approximate surface area is 178 Å². The van der Waals surface area contributed by atoms with Gasteiger partial charge in [0.05, 0.1) is 19.8 Å². The molecular formula is C21H24FIN2O3. The Bertz CT molecular complexity index is 829. The number of nitrogens with one attached hydrogen (secondary N) is 1. The molecule has 1 fully saturated rings. The average molecular weight is 498 g/mol. The number of amides is 1. The summed E-state index contributed by atoms with van der Waals surface area (Å²) in [6, 6.07) is 10.5. The molecule has 1 amide bonds. The zero-order valence-corrected chi connectivity index (χ0v) is 18.2. The highest BCUT2D eigenvalue weighted by atomic mass is 127. The first kappa shape index (κ1) is 20.9. The lowest BCUT2D eigenvalue weighted by Gasteiger charge is -2.25. The summed E-state index contributed by atoms with van der Waals surface area (Å²) in [5.41, 5.74) is 1.54. The van der Waals surface area contributed by atoms with E-state index in [9.17, 15) is 9.18 Å². The summed E-state index contributed by atoms with van der Waals surface area (Å²) in [6.07, 6.45) is 2.11. The molecule has 1 N–H and O–H groups in total. The van der Waals surface area contributed by atoms with E-state index in [1.165, 1.54) is 19.2 Å². The number of likely N-dealkylation sites (tertiary alicyclic amines) is 1. The van der Waals surface area contributed by atoms with E-state index in [2.05, 4.69) is 32.8 Å². The first-order valence-electron chi connectivity index (χ1n) is 9.20. The van der Waals surface area contributed by atoms with Gasteiger partial charge in [-0.1, -0.05) is 12.1 Å². The van der Waals surface area contributed by atoms with E-state index >= 15 is 0 Å². The summed E-state index contributed by atoms with van der Waals surface area (Å²) < 4.78 is 24.7. The standard InChI is InChI=1S/C21H24FIN2O3/c1-27-19-11-16(23)10-18(20(19)28-2)21(26)24-12-17-4-3-9-25(17)13-14-5-7-15(22)8-6-14/h5-8,10-11,17H,3-4,9,12-13H2,1-2H3,(H,24,26)/t17-/m1/s1. The third kappa shape index (κ3) is 4.94. The van der Waals surface area contributed by atoms with E-state index in [-0.39, 0.29) is 17.8 Å². The van der Waals surface area contributed by atoms with Gasteiger partial charge in [-0.05, 0) is 71.8 Å². The molecule has 0 saturated carbocycles. The zero-order valence-electron chi connectivity index (χ0n) is 16.0. The van der Waals surface area contributed by atoms with Crippen LogP contribution in [0.4, 0.5) is 4.39 Å². The first-order chi connectivity index (χ1) is 13.5. The van der Waals surface area contributed by atoms with Crippen LogP contribution in [0.3, 0.4) is 0 Å². The number of carbonyl (C=O) groups excluding carboxylic acids is 1. The zero-order chi connectivity index (χ0) is 20.1. The Morgan fingerprint density at radius 1 is 1.25 bits per heavy atom. The fourth-order valence-electron chi connectivity index (χ4n) is 3.56. The highest BCUT2D eigenvalue weighted by Crippen LogP contribution is 2.33. The summed E-state index contributed by atoms with van der Waals surface area (Å²) in [5, 5.41) is 3.04. The van der Waals surface area contributed by atoms with E-state index in [4.69, 9.17) is 9.47 Å². The van der Waals surface area contributed by atoms with Crippen molar-refractivity contribution in [1.29, 1.82) is 0 Å². The van der Waals surface area contributed by atoms with Crippen LogP contribution in [0.15, 0.2) is 36.4 Å². The van der Waals surface area contributed by atoms with Gasteiger partial charge in [-0.3, -0.25) is 9.69 Å². The molecule has 150 valence electrons. The molecule has 0 bridgehead atoms. The lowest BCUT2D eigenvalue weighted by molar-refractivity contribution is 0.0936. The number of halogens is 2. The molecule has 0 unspecified atom stereocenters. The summed E-state index contributed by atoms with van der Waals surface area (Å²) >= 11 is 2.15. The molecule has 2 aromatic rings. The number of methoxy groups -OCH3 is 2. The second-order valence-electron chi connectivity index (χ2n) is 6.79. The van der Waals surface area contributed by atoms with Crippen LogP contribution in [-0.2, 0) is 6.54 Å². The Morgan fingerprint density at radius 2 is 2.00 bits per heavy atom. The van der Waals surface area contributed by atoms with Gasteiger partial charge in [-0.15, -0.1) is 0 Å². The van der Waals surface area contributed by atoms with Gasteiger partial charge < -0.3 is 14.8 Å². The van der Waals surface area contributed by atoms with Gasteiger partial charge >= 0.3 is 0 Å². The largest absolute Gasteiger partial charge is 0.493 e. The predicted octanol–water partition coefficient (Wildman–Crippen LogP) is 3.84. The number of ether oxygens (including phenoxy) is 2. The number of nitrogens with zero attached hydrogens (tertiary/aromatic N) is 1. The van der Waals surface area contributed by atoms with Gasteiger partial charge in [-0.25, -0.2) is 4.39 Å². The van der Waals surface area contributed by atoms with Crippen LogP contribution < -0.4 is 14.8 Å². The molecule has 1 saturated heterocycles. The number of benzene rings is 2. The van der Waals surface area contributed by atoms with Crippen molar-refractivity contribution in [2.45, 2.75) is 25.4 Å². The quantitative estimate of drug-likeness (QED) is 0.590. The van der Waals surface area contributed by atoms with Crippen LogP contribution in [0.1, 0.15) is 28.8 Å². The van der Waals surface area contributed by atoms with Crippen molar-refractivity contribution in [3.63, 3.8) is 0 Å². The fraction of sp³-hybridized carbons (Fsp3) is 0.381. The first-order valence-corrected chi connectivity index (χ1v) is 10.3. The molecule has 2 aromatic carbocycles. The van der Waals surface area contributed by atoms with Crippen molar-refractivity contribution in [2.75, 3.05) is 27.3 Å². The molecule has 0 aliphatic carbocycles. The lowest BCUT2D eigenvalue weighted by Crippen LogP contribution is -2.40. The van der Waals surface area contributed by atoms with Crippen LogP contribution >= 0.6 is 22.6 Å². The van der Waals surface area contributed by atoms with E-state index in [1.54, 1.807) is 13.2 Å². The Hall–Kier alpha value is -1.87. The van der Waals surface area contributed by atoms with E-state index < -0.39 is 0 Å². The monoisotopic (exact) mass is 498 g/mol. The van der Waals surface area contributed by atoms with E-state index in [0.717, 1.165) is 35.1 Å². The van der Waals surface area contributed by atoms with Crippen LogP contribution in [0, 0.1) is 9.39 Å². The number of rotatable bonds is 7. The van der Waals surface area contributed by atoms with Gasteiger partial charge in [-0.2, -0.15) is 0 Å². The van der Waals surface area contributed by atoms with Gasteiger partial charge in [0.25, 0.3) is 5.91 Å². The average Bonchev–Trinajstić information content (AvgIpc) is 3.14. The fourth-order valence-corrected chi connectivity index (χ4v) is 4.16. The molecule has 28 heavy (non-hydrogen) atoms. The van der Waals surface area contributed by atoms with Crippen LogP contribution in [-0.4, -0.2) is 44.2 Å². The number of hydrogen-bond acceptors (Lipinski definition) is 4. The number of carbonyl (C=O) groups is 1. The van der Waals surface area contributed by atoms with Crippen LogP contribution in [0.25, 0.3) is 0 Å². The summed E-state index contributed by atoms with van der Waals surface area (Å²) in [5.74, 6) is 0.575. The molecule has 5 nitrogen and oxygen atoms in total. The van der Waals surface area contributed by atoms with Crippen molar-refractivity contribution in [3.8, 4) is 11.5 Å². The van der Waals surface area contributed by atoms with Crippen molar-refractivity contribution in [1.82, 2.24) is 10.2 Å². The molecule has 7 heteroatoms. The molecule has 3 rings (SSSR count). The van der Waals surface area contributed by atoms with Crippen molar-refractivity contribution >= 4 is 28.5 Å². The molecule has 0 aromatic heterocycles. The maximum absolute atomic E-state index is 13.1. The highest BCUT2D eigenvalue weighted by Gasteiger charge is 2.26. The minimum atomic E-state index is -0.226. The maximum atomic E-state index is 13.1. The molecule has 1 aliphatic heterocycles. The maximum Gasteiger partial charge on any atom is 0.255 e. The Kier molecular flexibility index (Phi) is 7.12. The normalized spacial score (nSPS) is 16.8. The Balaban J connectivity index is 1.65. The third-order valence-electron chi connectivity index (χ3n) is 4.98. The van der Waals surface area contributed by atoms with Gasteiger partial charge in [0, 0.05) is 22.7 Å². The van der Waals surface area contributed by atoms with E-state index in [1.807, 2.05) is 18.2 Å². The smallest absolute Gasteiger partial charge is 0.255 e. The molecule has 1 aliphatic rings. The van der Waals surface area contributed by atoms with Gasteiger partial charge in [0.15, 0.2) is 11.5 Å². The molecule has 1 atom stereocenters. The second-order valence-corrected chi connectivity index (χ2v) is 8.04. The van der Waals surface area contributed by atoms with Gasteiger partial charge in [0.1, 0.15) is 5.82 Å². The van der Waals surface area contributed by atoms with Crippen molar-refractivity contribution < 1.29 is 18.7 Å². The molecule has 1 heterocycles. The molecular weight excluding hydrogens is 474 g/mol. The highest BCUT2D eigenvalue weighted by molar-refractivity contribution is 14.1. The summed E-state index contributed by atoms with van der Waals surface area (Å²) in [6.45, 7) is 2.27. The predicted molar refractivity (Wildman–Crippen MR) is 114 cm³/mol.